The lowest BCUT2D eigenvalue weighted by Crippen LogP contribution is -2.35. The summed E-state index contributed by atoms with van der Waals surface area (Å²) in [5.41, 5.74) is 3.11. The van der Waals surface area contributed by atoms with Gasteiger partial charge in [-0.2, -0.15) is 0 Å². The maximum Gasteiger partial charge on any atom is 0.227 e. The number of aliphatic hydroxyl groups is 1. The van der Waals surface area contributed by atoms with Crippen LogP contribution < -0.4 is 4.90 Å². The molecule has 1 amide bonds. The molecule has 1 heterocycles. The molecule has 1 atom stereocenters. The molecule has 1 N–H and O–H groups in total. The van der Waals surface area contributed by atoms with Gasteiger partial charge in [0.2, 0.25) is 5.91 Å². The van der Waals surface area contributed by atoms with Crippen LogP contribution in [0, 0.1) is 13.8 Å². The molecule has 1 saturated heterocycles. The number of carbonyl (C=O) groups excluding carboxylic acids is 1. The molecular weight excluding hydrogens is 282 g/mol. The first-order chi connectivity index (χ1) is 8.04. The molecule has 92 valence electrons. The van der Waals surface area contributed by atoms with Crippen LogP contribution in [0.5, 0.6) is 0 Å². The number of hydrogen-bond acceptors (Lipinski definition) is 2. The van der Waals surface area contributed by atoms with Crippen molar-refractivity contribution >= 4 is 27.5 Å². The Hall–Kier alpha value is -0.870. The standard InChI is InChI=1S/C13H16BrNO2/c1-8-5-11(6-9(2)13(8)14)15-10(7-16)3-4-12(15)17/h5-6,10,16H,3-4,7H2,1-2H3/t10-/m1/s1. The Labute approximate surface area is 110 Å². The minimum absolute atomic E-state index is 0.0277. The molecule has 1 aliphatic heterocycles. The molecule has 2 rings (SSSR count). The van der Waals surface area contributed by atoms with E-state index in [0.29, 0.717) is 6.42 Å². The molecule has 1 aromatic rings. The van der Waals surface area contributed by atoms with Gasteiger partial charge in [0.1, 0.15) is 0 Å². The van der Waals surface area contributed by atoms with Gasteiger partial charge in [-0.15, -0.1) is 0 Å². The normalized spacial score (nSPS) is 20.1. The van der Waals surface area contributed by atoms with Crippen molar-refractivity contribution in [2.24, 2.45) is 0 Å². The maximum atomic E-state index is 11.9. The number of hydrogen-bond donors (Lipinski definition) is 1. The second-order valence-corrected chi connectivity index (χ2v) is 5.33. The van der Waals surface area contributed by atoms with Crippen molar-refractivity contribution in [3.05, 3.63) is 27.7 Å². The lowest BCUT2D eigenvalue weighted by atomic mass is 10.1. The van der Waals surface area contributed by atoms with E-state index in [-0.39, 0.29) is 18.6 Å². The third-order valence-corrected chi connectivity index (χ3v) is 4.49. The number of amides is 1. The predicted molar refractivity (Wildman–Crippen MR) is 71.2 cm³/mol. The van der Waals surface area contributed by atoms with Gasteiger partial charge in [0.25, 0.3) is 0 Å². The van der Waals surface area contributed by atoms with Gasteiger partial charge in [-0.1, -0.05) is 15.9 Å². The summed E-state index contributed by atoms with van der Waals surface area (Å²) in [5, 5.41) is 9.31. The van der Waals surface area contributed by atoms with Gasteiger partial charge in [0, 0.05) is 16.6 Å². The van der Waals surface area contributed by atoms with Crippen LogP contribution in [0.25, 0.3) is 0 Å². The van der Waals surface area contributed by atoms with Crippen LogP contribution in [0.1, 0.15) is 24.0 Å². The zero-order valence-electron chi connectivity index (χ0n) is 10.0. The number of halogens is 1. The summed E-state index contributed by atoms with van der Waals surface area (Å²) < 4.78 is 1.08. The first-order valence-electron chi connectivity index (χ1n) is 5.74. The van der Waals surface area contributed by atoms with Crippen LogP contribution in [0.3, 0.4) is 0 Å². The van der Waals surface area contributed by atoms with Crippen molar-refractivity contribution in [3.8, 4) is 0 Å². The van der Waals surface area contributed by atoms with Gasteiger partial charge in [-0.05, 0) is 43.5 Å². The molecule has 0 spiro atoms. The Kier molecular flexibility index (Phi) is 3.54. The number of carbonyl (C=O) groups is 1. The first-order valence-corrected chi connectivity index (χ1v) is 6.53. The average Bonchev–Trinajstić information content (AvgIpc) is 2.66. The van der Waals surface area contributed by atoms with Crippen molar-refractivity contribution in [3.63, 3.8) is 0 Å². The molecule has 0 radical (unpaired) electrons. The average molecular weight is 298 g/mol. The fraction of sp³-hybridized carbons (Fsp3) is 0.462. The van der Waals surface area contributed by atoms with E-state index in [9.17, 15) is 9.90 Å². The maximum absolute atomic E-state index is 11.9. The summed E-state index contributed by atoms with van der Waals surface area (Å²) in [6, 6.07) is 3.91. The summed E-state index contributed by atoms with van der Waals surface area (Å²) in [5.74, 6) is 0.102. The Balaban J connectivity index is 2.42. The van der Waals surface area contributed by atoms with Gasteiger partial charge in [0.05, 0.1) is 12.6 Å². The highest BCUT2D eigenvalue weighted by molar-refractivity contribution is 9.10. The summed E-state index contributed by atoms with van der Waals surface area (Å²) in [6.07, 6.45) is 1.27. The minimum atomic E-state index is -0.0672. The SMILES string of the molecule is Cc1cc(N2C(=O)CC[C@@H]2CO)cc(C)c1Br. The van der Waals surface area contributed by atoms with Crippen molar-refractivity contribution in [2.45, 2.75) is 32.7 Å². The van der Waals surface area contributed by atoms with Gasteiger partial charge in [0.15, 0.2) is 0 Å². The van der Waals surface area contributed by atoms with Gasteiger partial charge >= 0.3 is 0 Å². The Morgan fingerprint density at radius 3 is 2.53 bits per heavy atom. The quantitative estimate of drug-likeness (QED) is 0.911. The topological polar surface area (TPSA) is 40.5 Å². The highest BCUT2D eigenvalue weighted by Crippen LogP contribution is 2.31. The largest absolute Gasteiger partial charge is 0.394 e. The molecule has 1 aliphatic rings. The van der Waals surface area contributed by atoms with Gasteiger partial charge in [-0.3, -0.25) is 4.79 Å². The van der Waals surface area contributed by atoms with Crippen molar-refractivity contribution in [1.82, 2.24) is 0 Å². The molecular formula is C13H16BrNO2. The predicted octanol–water partition coefficient (Wildman–Crippen LogP) is 2.55. The molecule has 0 aliphatic carbocycles. The molecule has 17 heavy (non-hydrogen) atoms. The van der Waals surface area contributed by atoms with E-state index in [4.69, 9.17) is 0 Å². The molecule has 0 bridgehead atoms. The lowest BCUT2D eigenvalue weighted by molar-refractivity contribution is -0.117. The monoisotopic (exact) mass is 297 g/mol. The van der Waals surface area contributed by atoms with E-state index in [0.717, 1.165) is 27.7 Å². The van der Waals surface area contributed by atoms with Crippen LogP contribution in [0.15, 0.2) is 16.6 Å². The van der Waals surface area contributed by atoms with Crippen molar-refractivity contribution in [1.29, 1.82) is 0 Å². The number of aryl methyl sites for hydroxylation is 2. The fourth-order valence-electron chi connectivity index (χ4n) is 2.33. The van der Waals surface area contributed by atoms with E-state index in [2.05, 4.69) is 15.9 Å². The van der Waals surface area contributed by atoms with Crippen molar-refractivity contribution < 1.29 is 9.90 Å². The number of rotatable bonds is 2. The van der Waals surface area contributed by atoms with Crippen LogP contribution in [0.4, 0.5) is 5.69 Å². The Morgan fingerprint density at radius 2 is 2.00 bits per heavy atom. The first kappa shape index (κ1) is 12.6. The van der Waals surface area contributed by atoms with E-state index >= 15 is 0 Å². The summed E-state index contributed by atoms with van der Waals surface area (Å²) in [4.78, 5) is 13.6. The van der Waals surface area contributed by atoms with E-state index in [1.807, 2.05) is 26.0 Å². The third kappa shape index (κ3) is 2.24. The summed E-state index contributed by atoms with van der Waals surface area (Å²) >= 11 is 3.52. The second-order valence-electron chi connectivity index (χ2n) is 4.53. The summed E-state index contributed by atoms with van der Waals surface area (Å²) in [6.45, 7) is 4.05. The lowest BCUT2D eigenvalue weighted by Gasteiger charge is -2.24. The minimum Gasteiger partial charge on any atom is -0.394 e. The molecule has 4 heteroatoms. The van der Waals surface area contributed by atoms with E-state index in [1.54, 1.807) is 4.90 Å². The molecule has 1 aromatic carbocycles. The molecule has 0 saturated carbocycles. The smallest absolute Gasteiger partial charge is 0.227 e. The van der Waals surface area contributed by atoms with Crippen LogP contribution in [-0.4, -0.2) is 23.7 Å². The zero-order valence-corrected chi connectivity index (χ0v) is 11.6. The molecule has 3 nitrogen and oxygen atoms in total. The highest BCUT2D eigenvalue weighted by Gasteiger charge is 2.31. The molecule has 0 aromatic heterocycles. The van der Waals surface area contributed by atoms with Crippen molar-refractivity contribution in [2.75, 3.05) is 11.5 Å². The number of nitrogens with zero attached hydrogens (tertiary/aromatic N) is 1. The van der Waals surface area contributed by atoms with E-state index < -0.39 is 0 Å². The number of anilines is 1. The summed E-state index contributed by atoms with van der Waals surface area (Å²) in [7, 11) is 0. The van der Waals surface area contributed by atoms with E-state index in [1.165, 1.54) is 0 Å². The number of benzene rings is 1. The Bertz CT molecular complexity index is 436. The van der Waals surface area contributed by atoms with Crippen LogP contribution in [0.2, 0.25) is 0 Å². The number of aliphatic hydroxyl groups excluding tert-OH is 1. The third-order valence-electron chi connectivity index (χ3n) is 3.24. The van der Waals surface area contributed by atoms with Gasteiger partial charge < -0.3 is 10.0 Å². The second kappa shape index (κ2) is 4.78. The Morgan fingerprint density at radius 1 is 1.41 bits per heavy atom. The zero-order chi connectivity index (χ0) is 12.6. The van der Waals surface area contributed by atoms with Gasteiger partial charge in [-0.25, -0.2) is 0 Å². The fourth-order valence-corrected chi connectivity index (χ4v) is 2.56. The molecule has 0 unspecified atom stereocenters. The molecule has 1 fully saturated rings. The van der Waals surface area contributed by atoms with Crippen LogP contribution in [-0.2, 0) is 4.79 Å². The van der Waals surface area contributed by atoms with Crippen LogP contribution >= 0.6 is 15.9 Å². The highest BCUT2D eigenvalue weighted by atomic mass is 79.9.